The van der Waals surface area contributed by atoms with Gasteiger partial charge in [-0.15, -0.1) is 0 Å². The van der Waals surface area contributed by atoms with Crippen molar-refractivity contribution in [3.8, 4) is 17.2 Å². The molecule has 0 atom stereocenters. The first kappa shape index (κ1) is 28.2. The van der Waals surface area contributed by atoms with Crippen LogP contribution >= 0.6 is 0 Å². The van der Waals surface area contributed by atoms with E-state index in [-0.39, 0.29) is 29.0 Å². The van der Waals surface area contributed by atoms with Crippen LogP contribution in [0.2, 0.25) is 0 Å². The van der Waals surface area contributed by atoms with Crippen molar-refractivity contribution >= 4 is 29.5 Å². The van der Waals surface area contributed by atoms with Crippen LogP contribution in [0.5, 0.6) is 17.2 Å². The molecule has 5 N–H and O–H groups in total. The van der Waals surface area contributed by atoms with Crippen LogP contribution in [0.15, 0.2) is 60.8 Å². The van der Waals surface area contributed by atoms with Crippen LogP contribution in [0, 0.1) is 0 Å². The zero-order valence-corrected chi connectivity index (χ0v) is 20.8. The number of alkyl halides is 3. The maximum atomic E-state index is 13.7. The zero-order valence-electron chi connectivity index (χ0n) is 20.8. The molecule has 1 aliphatic rings. The second kappa shape index (κ2) is 12.3. The predicted molar refractivity (Wildman–Crippen MR) is 136 cm³/mol. The fraction of sp³-hybridized carbons (Fsp3) is 0.231. The highest BCUT2D eigenvalue weighted by Gasteiger charge is 2.35. The molecule has 1 fully saturated rings. The van der Waals surface area contributed by atoms with Gasteiger partial charge in [-0.2, -0.15) is 13.2 Å². The molecule has 0 unspecified atom stereocenters. The molecular weight excluding hydrogens is 535 g/mol. The summed E-state index contributed by atoms with van der Waals surface area (Å²) < 4.78 is 56.6. The molecule has 0 bridgehead atoms. The lowest BCUT2D eigenvalue weighted by Crippen LogP contribution is -2.34. The van der Waals surface area contributed by atoms with Gasteiger partial charge >= 0.3 is 24.3 Å². The quantitative estimate of drug-likeness (QED) is 0.235. The summed E-state index contributed by atoms with van der Waals surface area (Å²) in [5.74, 6) is -0.801. The van der Waals surface area contributed by atoms with Gasteiger partial charge in [-0.3, -0.25) is 0 Å². The molecule has 11 nitrogen and oxygen atoms in total. The van der Waals surface area contributed by atoms with E-state index < -0.39 is 29.8 Å². The first-order valence-corrected chi connectivity index (χ1v) is 12.0. The number of hydrogen-bond acceptors (Lipinski definition) is 8. The van der Waals surface area contributed by atoms with Gasteiger partial charge in [0.1, 0.15) is 23.4 Å². The number of carbonyl (C=O) groups excluding carboxylic acids is 3. The Hall–Kier alpha value is -4.85. The summed E-state index contributed by atoms with van der Waals surface area (Å²) >= 11 is 0. The van der Waals surface area contributed by atoms with E-state index in [1.807, 2.05) is 0 Å². The highest BCUT2D eigenvalue weighted by Crippen LogP contribution is 2.39. The summed E-state index contributed by atoms with van der Waals surface area (Å²) in [4.78, 5) is 38.7. The van der Waals surface area contributed by atoms with E-state index in [1.165, 1.54) is 54.7 Å². The Kier molecular flexibility index (Phi) is 8.69. The Morgan fingerprint density at radius 3 is 2.27 bits per heavy atom. The van der Waals surface area contributed by atoms with Gasteiger partial charge < -0.3 is 35.9 Å². The van der Waals surface area contributed by atoms with Gasteiger partial charge in [-0.05, 0) is 74.5 Å². The van der Waals surface area contributed by atoms with E-state index >= 15 is 0 Å². The molecule has 0 radical (unpaired) electrons. The average Bonchev–Trinajstić information content (AvgIpc) is 2.90. The van der Waals surface area contributed by atoms with E-state index in [9.17, 15) is 27.6 Å². The third-order valence-electron chi connectivity index (χ3n) is 5.60. The molecule has 14 heteroatoms. The molecule has 0 saturated carbocycles. The van der Waals surface area contributed by atoms with Crippen LogP contribution in [-0.4, -0.2) is 42.3 Å². The van der Waals surface area contributed by atoms with Crippen LogP contribution in [0.3, 0.4) is 0 Å². The lowest BCUT2D eigenvalue weighted by atomic mass is 10.1. The second-order valence-electron chi connectivity index (χ2n) is 8.57. The minimum Gasteiger partial charge on any atom is -0.490 e. The van der Waals surface area contributed by atoms with Crippen LogP contribution in [0.4, 0.5) is 34.1 Å². The van der Waals surface area contributed by atoms with E-state index in [4.69, 9.17) is 15.2 Å². The average molecular weight is 560 g/mol. The number of halogens is 3. The molecule has 0 aliphatic carbocycles. The first-order chi connectivity index (χ1) is 19.1. The molecule has 40 heavy (non-hydrogen) atoms. The number of rotatable bonds is 7. The van der Waals surface area contributed by atoms with E-state index in [2.05, 4.69) is 25.7 Å². The van der Waals surface area contributed by atoms with E-state index in [0.717, 1.165) is 6.07 Å². The Morgan fingerprint density at radius 1 is 0.925 bits per heavy atom. The number of anilines is 2. The van der Waals surface area contributed by atoms with E-state index in [1.54, 1.807) is 0 Å². The minimum atomic E-state index is -4.68. The maximum Gasteiger partial charge on any atom is 0.420 e. The number of aromatic nitrogens is 1. The lowest BCUT2D eigenvalue weighted by molar-refractivity contribution is -0.139. The predicted octanol–water partition coefficient (Wildman–Crippen LogP) is 4.90. The number of urea groups is 1. The molecule has 1 aromatic heterocycles. The number of nitrogens with two attached hydrogens (primary N) is 1. The first-order valence-electron chi connectivity index (χ1n) is 12.0. The van der Waals surface area contributed by atoms with Crippen molar-refractivity contribution in [2.24, 2.45) is 5.73 Å². The van der Waals surface area contributed by atoms with Crippen molar-refractivity contribution in [3.05, 3.63) is 72.1 Å². The molecule has 2 heterocycles. The number of benzene rings is 2. The Labute approximate surface area is 225 Å². The Bertz CT molecular complexity index is 1380. The van der Waals surface area contributed by atoms with Crippen molar-refractivity contribution in [2.45, 2.75) is 25.1 Å². The van der Waals surface area contributed by atoms with Gasteiger partial charge in [0.2, 0.25) is 0 Å². The third-order valence-corrected chi connectivity index (χ3v) is 5.60. The molecular formula is C26H24F3N5O6. The summed E-state index contributed by atoms with van der Waals surface area (Å²) in [5, 5.41) is 8.04. The van der Waals surface area contributed by atoms with Crippen molar-refractivity contribution in [3.63, 3.8) is 0 Å². The standard InChI is InChI=1S/C26H24F3N5O6/c27-26(28,29)20-13-16(3-6-22(20)39-18-7-10-31-11-8-18)34-25(37)33-15-1-4-17(5-2-15)38-19-9-12-32-21(14-19)23(35)40-24(30)36/h1-6,9,12-14,18,31H,7-8,10-11H2,(H2,30,36)(H2,33,34,37). The van der Waals surface area contributed by atoms with Gasteiger partial charge in [-0.1, -0.05) is 0 Å². The van der Waals surface area contributed by atoms with Crippen LogP contribution in [0.1, 0.15) is 28.9 Å². The van der Waals surface area contributed by atoms with Crippen molar-refractivity contribution in [1.29, 1.82) is 0 Å². The third kappa shape index (κ3) is 7.83. The number of hydrogen-bond donors (Lipinski definition) is 4. The van der Waals surface area contributed by atoms with Crippen LogP contribution < -0.4 is 31.2 Å². The number of piperidine rings is 1. The minimum absolute atomic E-state index is 0.0641. The summed E-state index contributed by atoms with van der Waals surface area (Å²) in [6, 6.07) is 11.3. The summed E-state index contributed by atoms with van der Waals surface area (Å²) in [5.41, 5.74) is 3.90. The highest BCUT2D eigenvalue weighted by atomic mass is 19.4. The number of nitrogens with zero attached hydrogens (tertiary/aromatic N) is 1. The fourth-order valence-corrected chi connectivity index (χ4v) is 3.79. The molecule has 3 aromatic rings. The van der Waals surface area contributed by atoms with Crippen molar-refractivity contribution in [1.82, 2.24) is 10.3 Å². The van der Waals surface area contributed by atoms with E-state index in [0.29, 0.717) is 37.4 Å². The normalized spacial score (nSPS) is 13.7. The Balaban J connectivity index is 1.37. The van der Waals surface area contributed by atoms with Crippen LogP contribution in [-0.2, 0) is 10.9 Å². The van der Waals surface area contributed by atoms with Crippen molar-refractivity contribution in [2.75, 3.05) is 23.7 Å². The van der Waals surface area contributed by atoms with Gasteiger partial charge in [0, 0.05) is 23.6 Å². The number of primary amides is 1. The van der Waals surface area contributed by atoms with Gasteiger partial charge in [0.05, 0.1) is 5.56 Å². The number of ether oxygens (including phenoxy) is 3. The second-order valence-corrected chi connectivity index (χ2v) is 8.57. The summed E-state index contributed by atoms with van der Waals surface area (Å²) in [6.45, 7) is 1.33. The zero-order chi connectivity index (χ0) is 28.7. The number of nitrogens with one attached hydrogen (secondary N) is 3. The number of esters is 1. The molecule has 0 spiro atoms. The topological polar surface area (TPSA) is 154 Å². The van der Waals surface area contributed by atoms with Gasteiger partial charge in [0.25, 0.3) is 0 Å². The fourth-order valence-electron chi connectivity index (χ4n) is 3.79. The molecule has 4 rings (SSSR count). The molecule has 1 aliphatic heterocycles. The number of amides is 3. The monoisotopic (exact) mass is 559 g/mol. The summed E-state index contributed by atoms with van der Waals surface area (Å²) in [6.07, 6.45) is -3.81. The Morgan fingerprint density at radius 2 is 1.60 bits per heavy atom. The SMILES string of the molecule is NC(=O)OC(=O)c1cc(Oc2ccc(NC(=O)Nc3ccc(OC4CCNCC4)c(C(F)(F)F)c3)cc2)ccn1. The smallest absolute Gasteiger partial charge is 0.420 e. The number of pyridine rings is 1. The van der Waals surface area contributed by atoms with Gasteiger partial charge in [0.15, 0.2) is 5.69 Å². The summed E-state index contributed by atoms with van der Waals surface area (Å²) in [7, 11) is 0. The largest absolute Gasteiger partial charge is 0.490 e. The molecule has 1 saturated heterocycles. The van der Waals surface area contributed by atoms with Gasteiger partial charge in [-0.25, -0.2) is 19.4 Å². The molecule has 3 amide bonds. The molecule has 210 valence electrons. The van der Waals surface area contributed by atoms with Crippen molar-refractivity contribution < 1.29 is 41.8 Å². The molecule has 2 aromatic carbocycles. The maximum absolute atomic E-state index is 13.7. The number of carbonyl (C=O) groups is 3. The lowest BCUT2D eigenvalue weighted by Gasteiger charge is -2.25. The van der Waals surface area contributed by atoms with Crippen LogP contribution in [0.25, 0.3) is 0 Å². The highest BCUT2D eigenvalue weighted by molar-refractivity contribution is 6.00.